The second-order valence-electron chi connectivity index (χ2n) is 5.24. The Balaban J connectivity index is 2.32. The molecule has 0 spiro atoms. The SMILES string of the molecule is COC(=O)C1=C(C)NC(=O)CC1C(=O)Nc1cccc(Cl)c1C. The summed E-state index contributed by atoms with van der Waals surface area (Å²) < 4.78 is 4.72. The summed E-state index contributed by atoms with van der Waals surface area (Å²) in [5, 5.41) is 5.80. The molecule has 23 heavy (non-hydrogen) atoms. The predicted octanol–water partition coefficient (Wildman–Crippen LogP) is 2.17. The molecule has 1 aliphatic heterocycles. The van der Waals surface area contributed by atoms with Crippen molar-refractivity contribution in [2.24, 2.45) is 5.92 Å². The van der Waals surface area contributed by atoms with E-state index in [0.717, 1.165) is 0 Å². The van der Waals surface area contributed by atoms with Crippen LogP contribution in [0.4, 0.5) is 5.69 Å². The average molecular weight is 337 g/mol. The summed E-state index contributed by atoms with van der Waals surface area (Å²) >= 11 is 6.03. The number of ether oxygens (including phenoxy) is 1. The smallest absolute Gasteiger partial charge is 0.336 e. The fraction of sp³-hybridized carbons (Fsp3) is 0.312. The average Bonchev–Trinajstić information content (AvgIpc) is 2.50. The van der Waals surface area contributed by atoms with E-state index in [2.05, 4.69) is 10.6 Å². The van der Waals surface area contributed by atoms with E-state index in [-0.39, 0.29) is 17.9 Å². The van der Waals surface area contributed by atoms with Gasteiger partial charge < -0.3 is 15.4 Å². The van der Waals surface area contributed by atoms with Crippen LogP contribution in [0, 0.1) is 12.8 Å². The molecule has 0 fully saturated rings. The van der Waals surface area contributed by atoms with E-state index in [1.165, 1.54) is 7.11 Å². The zero-order valence-electron chi connectivity index (χ0n) is 13.0. The molecular weight excluding hydrogens is 320 g/mol. The maximum absolute atomic E-state index is 12.6. The van der Waals surface area contributed by atoms with Crippen molar-refractivity contribution in [1.82, 2.24) is 5.32 Å². The Morgan fingerprint density at radius 3 is 2.70 bits per heavy atom. The van der Waals surface area contributed by atoms with Crippen molar-refractivity contribution in [3.63, 3.8) is 0 Å². The Bertz CT molecular complexity index is 712. The van der Waals surface area contributed by atoms with Crippen LogP contribution in [0.1, 0.15) is 18.9 Å². The van der Waals surface area contributed by atoms with Crippen LogP contribution in [0.15, 0.2) is 29.5 Å². The van der Waals surface area contributed by atoms with Gasteiger partial charge in [0, 0.05) is 22.8 Å². The van der Waals surface area contributed by atoms with E-state index in [1.54, 1.807) is 32.0 Å². The second kappa shape index (κ2) is 6.83. The summed E-state index contributed by atoms with van der Waals surface area (Å²) in [6.45, 7) is 3.34. The molecule has 2 amide bonds. The zero-order chi connectivity index (χ0) is 17.1. The highest BCUT2D eigenvalue weighted by Crippen LogP contribution is 2.28. The highest BCUT2D eigenvalue weighted by atomic mass is 35.5. The van der Waals surface area contributed by atoms with Crippen molar-refractivity contribution in [2.45, 2.75) is 20.3 Å². The molecule has 7 heteroatoms. The molecule has 6 nitrogen and oxygen atoms in total. The lowest BCUT2D eigenvalue weighted by Gasteiger charge is -2.25. The molecular formula is C16H17ClN2O4. The third-order valence-electron chi connectivity index (χ3n) is 3.72. The molecule has 0 saturated carbocycles. The molecule has 1 aromatic carbocycles. The number of allylic oxidation sites excluding steroid dienone is 1. The van der Waals surface area contributed by atoms with Crippen LogP contribution in [-0.4, -0.2) is 24.9 Å². The normalized spacial score (nSPS) is 17.6. The van der Waals surface area contributed by atoms with Crippen molar-refractivity contribution < 1.29 is 19.1 Å². The van der Waals surface area contributed by atoms with Gasteiger partial charge in [-0.3, -0.25) is 9.59 Å². The van der Waals surface area contributed by atoms with Crippen molar-refractivity contribution in [3.8, 4) is 0 Å². The number of carbonyl (C=O) groups is 3. The van der Waals surface area contributed by atoms with Crippen molar-refractivity contribution >= 4 is 35.1 Å². The van der Waals surface area contributed by atoms with Crippen LogP contribution in [0.5, 0.6) is 0 Å². The maximum atomic E-state index is 12.6. The zero-order valence-corrected chi connectivity index (χ0v) is 13.8. The minimum Gasteiger partial charge on any atom is -0.466 e. The first-order valence-electron chi connectivity index (χ1n) is 7.00. The summed E-state index contributed by atoms with van der Waals surface area (Å²) in [6.07, 6.45) is -0.118. The topological polar surface area (TPSA) is 84.5 Å². The van der Waals surface area contributed by atoms with Crippen molar-refractivity contribution in [2.75, 3.05) is 12.4 Å². The summed E-state index contributed by atoms with van der Waals surface area (Å²) in [6, 6.07) is 5.13. The molecule has 1 aromatic rings. The first kappa shape index (κ1) is 17.0. The van der Waals surface area contributed by atoms with E-state index >= 15 is 0 Å². The fourth-order valence-corrected chi connectivity index (χ4v) is 2.64. The summed E-state index contributed by atoms with van der Waals surface area (Å²) in [5.74, 6) is -2.32. The highest BCUT2D eigenvalue weighted by Gasteiger charge is 2.36. The Morgan fingerprint density at radius 1 is 1.35 bits per heavy atom. The Kier molecular flexibility index (Phi) is 5.05. The summed E-state index contributed by atoms with van der Waals surface area (Å²) in [7, 11) is 1.23. The largest absolute Gasteiger partial charge is 0.466 e. The number of esters is 1. The van der Waals surface area contributed by atoms with Gasteiger partial charge in [-0.05, 0) is 31.5 Å². The third-order valence-corrected chi connectivity index (χ3v) is 4.13. The highest BCUT2D eigenvalue weighted by molar-refractivity contribution is 6.31. The molecule has 122 valence electrons. The number of halogens is 1. The van der Waals surface area contributed by atoms with Gasteiger partial charge in [0.25, 0.3) is 0 Å². The number of anilines is 1. The van der Waals surface area contributed by atoms with Gasteiger partial charge in [0.1, 0.15) is 0 Å². The van der Waals surface area contributed by atoms with Crippen LogP contribution in [0.3, 0.4) is 0 Å². The minimum absolute atomic E-state index is 0.118. The van der Waals surface area contributed by atoms with Crippen LogP contribution < -0.4 is 10.6 Å². The fourth-order valence-electron chi connectivity index (χ4n) is 2.47. The van der Waals surface area contributed by atoms with Crippen LogP contribution in [-0.2, 0) is 19.1 Å². The van der Waals surface area contributed by atoms with E-state index in [1.807, 2.05) is 0 Å². The third kappa shape index (κ3) is 3.53. The van der Waals surface area contributed by atoms with Gasteiger partial charge in [-0.25, -0.2) is 4.79 Å². The molecule has 0 bridgehead atoms. The summed E-state index contributed by atoms with van der Waals surface area (Å²) in [5.41, 5.74) is 1.73. The van der Waals surface area contributed by atoms with Gasteiger partial charge in [0.05, 0.1) is 18.6 Å². The molecule has 1 atom stereocenters. The number of carbonyl (C=O) groups excluding carboxylic acids is 3. The van der Waals surface area contributed by atoms with Crippen molar-refractivity contribution in [3.05, 3.63) is 40.1 Å². The molecule has 1 unspecified atom stereocenters. The number of amides is 2. The second-order valence-corrected chi connectivity index (χ2v) is 5.64. The number of methoxy groups -OCH3 is 1. The van der Waals surface area contributed by atoms with E-state index in [9.17, 15) is 14.4 Å². The molecule has 1 heterocycles. The van der Waals surface area contributed by atoms with E-state index in [0.29, 0.717) is 22.0 Å². The van der Waals surface area contributed by atoms with E-state index < -0.39 is 17.8 Å². The Labute approximate surface area is 138 Å². The monoisotopic (exact) mass is 336 g/mol. The summed E-state index contributed by atoms with van der Waals surface area (Å²) in [4.78, 5) is 36.2. The van der Waals surface area contributed by atoms with Crippen LogP contribution in [0.25, 0.3) is 0 Å². The molecule has 0 aromatic heterocycles. The number of nitrogens with one attached hydrogen (secondary N) is 2. The van der Waals surface area contributed by atoms with Gasteiger partial charge >= 0.3 is 5.97 Å². The first-order chi connectivity index (χ1) is 10.8. The number of rotatable bonds is 3. The molecule has 0 saturated heterocycles. The van der Waals surface area contributed by atoms with Gasteiger partial charge in [0.15, 0.2) is 0 Å². The minimum atomic E-state index is -0.908. The Hall–Kier alpha value is -2.34. The lowest BCUT2D eigenvalue weighted by Crippen LogP contribution is -2.40. The maximum Gasteiger partial charge on any atom is 0.336 e. The van der Waals surface area contributed by atoms with Gasteiger partial charge in [0.2, 0.25) is 11.8 Å². The van der Waals surface area contributed by atoms with Crippen LogP contribution >= 0.6 is 11.6 Å². The molecule has 2 N–H and O–H groups in total. The van der Waals surface area contributed by atoms with Gasteiger partial charge in [-0.15, -0.1) is 0 Å². The van der Waals surface area contributed by atoms with E-state index in [4.69, 9.17) is 16.3 Å². The Morgan fingerprint density at radius 2 is 2.04 bits per heavy atom. The van der Waals surface area contributed by atoms with Gasteiger partial charge in [-0.2, -0.15) is 0 Å². The number of benzene rings is 1. The standard InChI is InChI=1S/C16H17ClN2O4/c1-8-11(17)5-4-6-12(8)19-15(21)10-7-13(20)18-9(2)14(10)16(22)23-3/h4-6,10H,7H2,1-3H3,(H,18,20)(H,19,21). The number of hydrogen-bond donors (Lipinski definition) is 2. The molecule has 1 aliphatic rings. The lowest BCUT2D eigenvalue weighted by molar-refractivity contribution is -0.139. The predicted molar refractivity (Wildman–Crippen MR) is 85.8 cm³/mol. The van der Waals surface area contributed by atoms with Crippen LogP contribution in [0.2, 0.25) is 5.02 Å². The van der Waals surface area contributed by atoms with Crippen molar-refractivity contribution in [1.29, 1.82) is 0 Å². The molecule has 0 aliphatic carbocycles. The molecule has 2 rings (SSSR count). The molecule has 0 radical (unpaired) electrons. The quantitative estimate of drug-likeness (QED) is 0.828. The van der Waals surface area contributed by atoms with Gasteiger partial charge in [-0.1, -0.05) is 17.7 Å². The first-order valence-corrected chi connectivity index (χ1v) is 7.37. The lowest BCUT2D eigenvalue weighted by atomic mass is 9.89. The number of hydrogen-bond acceptors (Lipinski definition) is 4.